The zero-order valence-corrected chi connectivity index (χ0v) is 17.5. The van der Waals surface area contributed by atoms with Crippen LogP contribution < -0.4 is 9.47 Å². The first-order chi connectivity index (χ1) is 13.6. The molecule has 0 amide bonds. The summed E-state index contributed by atoms with van der Waals surface area (Å²) in [5.74, 6) is 1.15. The van der Waals surface area contributed by atoms with E-state index < -0.39 is 0 Å². The lowest BCUT2D eigenvalue weighted by Crippen LogP contribution is -2.28. The van der Waals surface area contributed by atoms with E-state index in [1.54, 1.807) is 46.7 Å². The minimum absolute atomic E-state index is 0.113. The van der Waals surface area contributed by atoms with Crippen LogP contribution in [-0.4, -0.2) is 46.4 Å². The lowest BCUT2D eigenvalue weighted by atomic mass is 10.0. The summed E-state index contributed by atoms with van der Waals surface area (Å²) in [6.07, 6.45) is 12.0. The van der Waals surface area contributed by atoms with Gasteiger partial charge < -0.3 is 18.9 Å². The van der Waals surface area contributed by atoms with Gasteiger partial charge >= 0.3 is 0 Å². The van der Waals surface area contributed by atoms with Gasteiger partial charge in [-0.1, -0.05) is 44.2 Å². The van der Waals surface area contributed by atoms with Gasteiger partial charge in [0.25, 0.3) is 0 Å². The molecule has 2 rings (SSSR count). The predicted molar refractivity (Wildman–Crippen MR) is 113 cm³/mol. The zero-order valence-electron chi connectivity index (χ0n) is 17.5. The Morgan fingerprint density at radius 3 is 2.14 bits per heavy atom. The Morgan fingerprint density at radius 1 is 0.893 bits per heavy atom. The normalized spacial score (nSPS) is 18.6. The second kappa shape index (κ2) is 12.7. The molecule has 5 heteroatoms. The maximum absolute atomic E-state index is 12.1. The summed E-state index contributed by atoms with van der Waals surface area (Å²) in [6, 6.07) is 5.47. The largest absolute Gasteiger partial charge is 0.493 e. The van der Waals surface area contributed by atoms with E-state index in [-0.39, 0.29) is 18.0 Å². The molecule has 0 saturated carbocycles. The van der Waals surface area contributed by atoms with Crippen molar-refractivity contribution in [1.29, 1.82) is 0 Å². The molecule has 1 aliphatic carbocycles. The number of benzene rings is 1. The zero-order chi connectivity index (χ0) is 20.9. The third kappa shape index (κ3) is 6.83. The lowest BCUT2D eigenvalue weighted by Gasteiger charge is -2.22. The standard InChI is InChI=1S/C21H24O5.C2H6/c1-23-18-11-7-15(13-20(18)25-3)5-9-17(22)10-6-16-8-12-19(24-2)21(14-16)26-4;1-2/h5-14,18,20H,1-4H3;1-2H3/b9-5+,10-6+;. The number of hydrogen-bond donors (Lipinski definition) is 0. The number of methoxy groups -OCH3 is 4. The average Bonchev–Trinajstić information content (AvgIpc) is 2.76. The van der Waals surface area contributed by atoms with Gasteiger partial charge in [-0.3, -0.25) is 4.79 Å². The summed E-state index contributed by atoms with van der Waals surface area (Å²) in [4.78, 5) is 12.1. The molecule has 0 radical (unpaired) electrons. The van der Waals surface area contributed by atoms with Crippen molar-refractivity contribution in [2.45, 2.75) is 26.1 Å². The molecule has 28 heavy (non-hydrogen) atoms. The summed E-state index contributed by atoms with van der Waals surface area (Å²) >= 11 is 0. The van der Waals surface area contributed by atoms with E-state index in [0.717, 1.165) is 11.1 Å². The highest BCUT2D eigenvalue weighted by Crippen LogP contribution is 2.28. The van der Waals surface area contributed by atoms with Crippen LogP contribution in [0.25, 0.3) is 6.08 Å². The molecular formula is C23H30O5. The van der Waals surface area contributed by atoms with Crippen molar-refractivity contribution in [3.8, 4) is 11.5 Å². The molecule has 0 spiro atoms. The van der Waals surface area contributed by atoms with Crippen LogP contribution in [0.1, 0.15) is 19.4 Å². The molecule has 0 heterocycles. The first-order valence-corrected chi connectivity index (χ1v) is 9.19. The highest BCUT2D eigenvalue weighted by molar-refractivity contribution is 6.02. The monoisotopic (exact) mass is 386 g/mol. The minimum Gasteiger partial charge on any atom is -0.493 e. The number of carbonyl (C=O) groups is 1. The molecule has 1 aromatic carbocycles. The van der Waals surface area contributed by atoms with Gasteiger partial charge in [-0.25, -0.2) is 0 Å². The molecule has 0 bridgehead atoms. The second-order valence-corrected chi connectivity index (χ2v) is 5.61. The Morgan fingerprint density at radius 2 is 1.54 bits per heavy atom. The SMILES string of the molecule is CC.COc1ccc(/C=C/C(=O)/C=C/C2=CC(OC)C(OC)C=C2)cc1OC. The van der Waals surface area contributed by atoms with Gasteiger partial charge in [0.2, 0.25) is 0 Å². The molecule has 0 saturated heterocycles. The van der Waals surface area contributed by atoms with Gasteiger partial charge in [0.15, 0.2) is 17.3 Å². The van der Waals surface area contributed by atoms with Crippen LogP contribution in [0.3, 0.4) is 0 Å². The van der Waals surface area contributed by atoms with Crippen LogP contribution in [0.5, 0.6) is 11.5 Å². The quantitative estimate of drug-likeness (QED) is 0.620. The summed E-state index contributed by atoms with van der Waals surface area (Å²) in [5.41, 5.74) is 1.75. The lowest BCUT2D eigenvalue weighted by molar-refractivity contribution is -0.110. The number of ketones is 1. The number of hydrogen-bond acceptors (Lipinski definition) is 5. The molecule has 0 fully saturated rings. The molecule has 1 aliphatic rings. The maximum Gasteiger partial charge on any atom is 0.178 e. The fourth-order valence-electron chi connectivity index (χ4n) is 2.55. The van der Waals surface area contributed by atoms with Crippen molar-refractivity contribution in [2.24, 2.45) is 0 Å². The summed E-state index contributed by atoms with van der Waals surface area (Å²) in [5, 5.41) is 0. The first kappa shape index (κ1) is 23.4. The topological polar surface area (TPSA) is 54.0 Å². The Bertz CT molecular complexity index is 743. The average molecular weight is 386 g/mol. The van der Waals surface area contributed by atoms with Gasteiger partial charge in [0, 0.05) is 14.2 Å². The molecule has 0 aromatic heterocycles. The molecule has 2 unspecified atom stereocenters. The Labute approximate surface area is 167 Å². The Balaban J connectivity index is 0.00000190. The fraction of sp³-hybridized carbons (Fsp3) is 0.348. The van der Waals surface area contributed by atoms with Crippen LogP contribution in [0.2, 0.25) is 0 Å². The Kier molecular flexibility index (Phi) is 10.6. The molecule has 0 N–H and O–H groups in total. The first-order valence-electron chi connectivity index (χ1n) is 9.19. The summed E-state index contributed by atoms with van der Waals surface area (Å²) in [6.45, 7) is 4.00. The van der Waals surface area contributed by atoms with Crippen molar-refractivity contribution < 1.29 is 23.7 Å². The van der Waals surface area contributed by atoms with Gasteiger partial charge in [-0.15, -0.1) is 0 Å². The molecule has 152 valence electrons. The molecule has 1 aromatic rings. The third-order valence-corrected chi connectivity index (χ3v) is 3.99. The number of carbonyl (C=O) groups excluding carboxylic acids is 1. The van der Waals surface area contributed by atoms with Gasteiger partial charge in [-0.2, -0.15) is 0 Å². The smallest absolute Gasteiger partial charge is 0.178 e. The molecule has 0 aliphatic heterocycles. The van der Waals surface area contributed by atoms with Crippen LogP contribution in [0.15, 0.2) is 60.2 Å². The van der Waals surface area contributed by atoms with E-state index in [4.69, 9.17) is 18.9 Å². The van der Waals surface area contributed by atoms with Crippen LogP contribution in [0.4, 0.5) is 0 Å². The van der Waals surface area contributed by atoms with Crippen molar-refractivity contribution in [2.75, 3.05) is 28.4 Å². The van der Waals surface area contributed by atoms with Crippen molar-refractivity contribution in [1.82, 2.24) is 0 Å². The molecular weight excluding hydrogens is 356 g/mol. The van der Waals surface area contributed by atoms with Crippen LogP contribution in [-0.2, 0) is 14.3 Å². The van der Waals surface area contributed by atoms with E-state index in [2.05, 4.69) is 0 Å². The second-order valence-electron chi connectivity index (χ2n) is 5.61. The summed E-state index contributed by atoms with van der Waals surface area (Å²) < 4.78 is 21.1. The van der Waals surface area contributed by atoms with Crippen molar-refractivity contribution in [3.05, 3.63) is 65.8 Å². The van der Waals surface area contributed by atoms with Crippen molar-refractivity contribution in [3.63, 3.8) is 0 Å². The highest BCUT2D eigenvalue weighted by atomic mass is 16.5. The van der Waals surface area contributed by atoms with E-state index in [0.29, 0.717) is 11.5 Å². The molecule has 5 nitrogen and oxygen atoms in total. The summed E-state index contributed by atoms with van der Waals surface area (Å²) in [7, 11) is 6.42. The Hall–Kier alpha value is -2.63. The minimum atomic E-state index is -0.165. The van der Waals surface area contributed by atoms with Crippen LogP contribution >= 0.6 is 0 Å². The van der Waals surface area contributed by atoms with E-state index in [9.17, 15) is 4.79 Å². The van der Waals surface area contributed by atoms with E-state index >= 15 is 0 Å². The molecule has 2 atom stereocenters. The fourth-order valence-corrected chi connectivity index (χ4v) is 2.55. The highest BCUT2D eigenvalue weighted by Gasteiger charge is 2.19. The van der Waals surface area contributed by atoms with Crippen molar-refractivity contribution >= 4 is 11.9 Å². The van der Waals surface area contributed by atoms with Gasteiger partial charge in [0.05, 0.1) is 14.2 Å². The maximum atomic E-state index is 12.1. The van der Waals surface area contributed by atoms with E-state index in [1.165, 1.54) is 12.2 Å². The number of rotatable bonds is 8. The van der Waals surface area contributed by atoms with E-state index in [1.807, 2.05) is 44.2 Å². The van der Waals surface area contributed by atoms with Crippen LogP contribution in [0, 0.1) is 0 Å². The number of allylic oxidation sites excluding steroid dienone is 5. The predicted octanol–water partition coefficient (Wildman–Crippen LogP) is 4.39. The van der Waals surface area contributed by atoms with Gasteiger partial charge in [0.1, 0.15) is 12.2 Å². The third-order valence-electron chi connectivity index (χ3n) is 3.99. The van der Waals surface area contributed by atoms with Gasteiger partial charge in [-0.05, 0) is 41.5 Å². The number of ether oxygens (including phenoxy) is 4.